The summed E-state index contributed by atoms with van der Waals surface area (Å²) in [6, 6.07) is 10.3. The SMILES string of the molecule is Cc1ccc(N2CCCC(Nc3ccnc(S(N)(=O)=O)c3)C2=O)cc1. The fourth-order valence-corrected chi connectivity index (χ4v) is 3.35. The van der Waals surface area contributed by atoms with E-state index in [4.69, 9.17) is 5.14 Å². The van der Waals surface area contributed by atoms with E-state index >= 15 is 0 Å². The van der Waals surface area contributed by atoms with Gasteiger partial charge in [-0.05, 0) is 38.0 Å². The first-order valence-electron chi connectivity index (χ1n) is 7.98. The molecule has 1 amide bonds. The van der Waals surface area contributed by atoms with Gasteiger partial charge in [-0.3, -0.25) is 4.79 Å². The fourth-order valence-electron chi connectivity index (χ4n) is 2.85. The van der Waals surface area contributed by atoms with Crippen molar-refractivity contribution in [2.75, 3.05) is 16.8 Å². The van der Waals surface area contributed by atoms with Crippen molar-refractivity contribution < 1.29 is 13.2 Å². The number of rotatable bonds is 4. The van der Waals surface area contributed by atoms with Gasteiger partial charge >= 0.3 is 0 Å². The van der Waals surface area contributed by atoms with Crippen LogP contribution in [0.2, 0.25) is 0 Å². The maximum absolute atomic E-state index is 12.8. The molecule has 1 aromatic carbocycles. The molecule has 3 rings (SSSR count). The molecule has 2 aromatic rings. The monoisotopic (exact) mass is 360 g/mol. The van der Waals surface area contributed by atoms with E-state index in [1.807, 2.05) is 31.2 Å². The van der Waals surface area contributed by atoms with Crippen molar-refractivity contribution in [3.63, 3.8) is 0 Å². The van der Waals surface area contributed by atoms with Crippen molar-refractivity contribution in [1.82, 2.24) is 4.98 Å². The van der Waals surface area contributed by atoms with Crippen LogP contribution in [0.15, 0.2) is 47.6 Å². The summed E-state index contributed by atoms with van der Waals surface area (Å²) in [5, 5.41) is 7.98. The Balaban J connectivity index is 1.79. The van der Waals surface area contributed by atoms with Gasteiger partial charge in [-0.25, -0.2) is 18.5 Å². The Kier molecular flexibility index (Phi) is 4.73. The van der Waals surface area contributed by atoms with E-state index in [0.29, 0.717) is 18.7 Å². The van der Waals surface area contributed by atoms with Crippen LogP contribution in [0.1, 0.15) is 18.4 Å². The molecule has 1 aromatic heterocycles. The third-order valence-electron chi connectivity index (χ3n) is 4.15. The zero-order chi connectivity index (χ0) is 18.0. The lowest BCUT2D eigenvalue weighted by molar-refractivity contribution is -0.120. The van der Waals surface area contributed by atoms with Gasteiger partial charge in [-0.2, -0.15) is 0 Å². The summed E-state index contributed by atoms with van der Waals surface area (Å²) in [7, 11) is -3.88. The highest BCUT2D eigenvalue weighted by molar-refractivity contribution is 7.89. The zero-order valence-corrected chi connectivity index (χ0v) is 14.7. The van der Waals surface area contributed by atoms with Gasteiger partial charge in [-0.1, -0.05) is 17.7 Å². The molecule has 1 saturated heterocycles. The molecule has 1 unspecified atom stereocenters. The lowest BCUT2D eigenvalue weighted by atomic mass is 10.0. The first-order chi connectivity index (χ1) is 11.8. The minimum atomic E-state index is -3.88. The highest BCUT2D eigenvalue weighted by Gasteiger charge is 2.29. The zero-order valence-electron chi connectivity index (χ0n) is 13.8. The van der Waals surface area contributed by atoms with Gasteiger partial charge < -0.3 is 10.2 Å². The molecule has 1 fully saturated rings. The minimum absolute atomic E-state index is 0.0379. The van der Waals surface area contributed by atoms with Crippen LogP contribution in [0.3, 0.4) is 0 Å². The standard InChI is InChI=1S/C17H20N4O3S/c1-12-4-6-14(7-5-12)21-10-2-3-15(17(21)22)20-13-8-9-19-16(11-13)25(18,23)24/h4-9,11,15H,2-3,10H2,1H3,(H,19,20)(H2,18,23,24). The predicted molar refractivity (Wildman–Crippen MR) is 95.8 cm³/mol. The largest absolute Gasteiger partial charge is 0.374 e. The lowest BCUT2D eigenvalue weighted by Crippen LogP contribution is -2.47. The third kappa shape index (κ3) is 3.97. The highest BCUT2D eigenvalue weighted by atomic mass is 32.2. The molecule has 132 valence electrons. The normalized spacial score (nSPS) is 18.2. The van der Waals surface area contributed by atoms with E-state index in [2.05, 4.69) is 10.3 Å². The molecular formula is C17H20N4O3S. The number of hydrogen-bond acceptors (Lipinski definition) is 5. The van der Waals surface area contributed by atoms with Crippen molar-refractivity contribution >= 4 is 27.3 Å². The number of carbonyl (C=O) groups is 1. The fraction of sp³-hybridized carbons (Fsp3) is 0.294. The average Bonchev–Trinajstić information content (AvgIpc) is 2.57. The van der Waals surface area contributed by atoms with Crippen molar-refractivity contribution in [3.05, 3.63) is 48.2 Å². The second-order valence-electron chi connectivity index (χ2n) is 6.09. The predicted octanol–water partition coefficient (Wildman–Crippen LogP) is 1.64. The minimum Gasteiger partial charge on any atom is -0.374 e. The molecule has 7 nitrogen and oxygen atoms in total. The van der Waals surface area contributed by atoms with E-state index in [1.54, 1.807) is 11.0 Å². The van der Waals surface area contributed by atoms with Crippen LogP contribution in [0.4, 0.5) is 11.4 Å². The van der Waals surface area contributed by atoms with E-state index in [-0.39, 0.29) is 10.9 Å². The van der Waals surface area contributed by atoms with Gasteiger partial charge in [0.15, 0.2) is 5.03 Å². The van der Waals surface area contributed by atoms with E-state index < -0.39 is 16.1 Å². The van der Waals surface area contributed by atoms with Crippen LogP contribution >= 0.6 is 0 Å². The van der Waals surface area contributed by atoms with Gasteiger partial charge in [0.1, 0.15) is 6.04 Å². The summed E-state index contributed by atoms with van der Waals surface area (Å²) in [5.41, 5.74) is 2.50. The number of benzene rings is 1. The topological polar surface area (TPSA) is 105 Å². The number of nitrogens with one attached hydrogen (secondary N) is 1. The number of primary sulfonamides is 1. The first kappa shape index (κ1) is 17.4. The molecule has 0 spiro atoms. The number of nitrogens with two attached hydrogens (primary N) is 1. The van der Waals surface area contributed by atoms with Crippen molar-refractivity contribution in [2.24, 2.45) is 5.14 Å². The number of aromatic nitrogens is 1. The number of carbonyl (C=O) groups excluding carboxylic acids is 1. The number of hydrogen-bond donors (Lipinski definition) is 2. The molecule has 0 radical (unpaired) electrons. The van der Waals surface area contributed by atoms with Gasteiger partial charge in [0.05, 0.1) is 0 Å². The Morgan fingerprint density at radius 1 is 1.24 bits per heavy atom. The molecule has 8 heteroatoms. The molecule has 1 aliphatic heterocycles. The molecule has 0 saturated carbocycles. The summed E-state index contributed by atoms with van der Waals surface area (Å²) in [4.78, 5) is 18.3. The molecule has 25 heavy (non-hydrogen) atoms. The Labute approximate surface area is 146 Å². The van der Waals surface area contributed by atoms with Gasteiger partial charge in [0.25, 0.3) is 10.0 Å². The van der Waals surface area contributed by atoms with E-state index in [1.165, 1.54) is 12.3 Å². The van der Waals surface area contributed by atoms with E-state index in [9.17, 15) is 13.2 Å². The van der Waals surface area contributed by atoms with Gasteiger partial charge in [0.2, 0.25) is 5.91 Å². The van der Waals surface area contributed by atoms with Crippen LogP contribution in [0.5, 0.6) is 0 Å². The summed E-state index contributed by atoms with van der Waals surface area (Å²) in [6.07, 6.45) is 2.88. The molecule has 1 aliphatic rings. The number of pyridine rings is 1. The van der Waals surface area contributed by atoms with Gasteiger partial charge in [0, 0.05) is 30.2 Å². The van der Waals surface area contributed by atoms with Crippen molar-refractivity contribution in [2.45, 2.75) is 30.8 Å². The Hall–Kier alpha value is -2.45. The van der Waals surface area contributed by atoms with Crippen LogP contribution in [0.25, 0.3) is 0 Å². The highest BCUT2D eigenvalue weighted by Crippen LogP contribution is 2.24. The average molecular weight is 360 g/mol. The smallest absolute Gasteiger partial charge is 0.255 e. The molecule has 1 atom stereocenters. The second-order valence-corrected chi connectivity index (χ2v) is 7.60. The van der Waals surface area contributed by atoms with Crippen molar-refractivity contribution in [1.29, 1.82) is 0 Å². The summed E-state index contributed by atoms with van der Waals surface area (Å²) in [6.45, 7) is 2.66. The van der Waals surface area contributed by atoms with Crippen LogP contribution in [-0.4, -0.2) is 31.9 Å². The van der Waals surface area contributed by atoms with Crippen LogP contribution < -0.4 is 15.4 Å². The van der Waals surface area contributed by atoms with Crippen LogP contribution in [0, 0.1) is 6.92 Å². The maximum atomic E-state index is 12.8. The number of amides is 1. The molecule has 2 heterocycles. The lowest BCUT2D eigenvalue weighted by Gasteiger charge is -2.33. The Bertz CT molecular complexity index is 881. The van der Waals surface area contributed by atoms with E-state index in [0.717, 1.165) is 17.7 Å². The number of anilines is 2. The second kappa shape index (κ2) is 6.81. The molecule has 3 N–H and O–H groups in total. The Morgan fingerprint density at radius 2 is 1.96 bits per heavy atom. The summed E-state index contributed by atoms with van der Waals surface area (Å²) >= 11 is 0. The third-order valence-corrected chi connectivity index (χ3v) is 4.96. The summed E-state index contributed by atoms with van der Waals surface area (Å²) in [5.74, 6) is -0.0379. The first-order valence-corrected chi connectivity index (χ1v) is 9.53. The number of aryl methyl sites for hydroxylation is 1. The number of sulfonamides is 1. The number of piperidine rings is 1. The maximum Gasteiger partial charge on any atom is 0.255 e. The molecular weight excluding hydrogens is 340 g/mol. The van der Waals surface area contributed by atoms with Crippen molar-refractivity contribution in [3.8, 4) is 0 Å². The quantitative estimate of drug-likeness (QED) is 0.862. The Morgan fingerprint density at radius 3 is 2.64 bits per heavy atom. The molecule has 0 bridgehead atoms. The van der Waals surface area contributed by atoms with Gasteiger partial charge in [-0.15, -0.1) is 0 Å². The summed E-state index contributed by atoms with van der Waals surface area (Å²) < 4.78 is 22.8. The molecule has 0 aliphatic carbocycles. The van der Waals surface area contributed by atoms with Crippen LogP contribution in [-0.2, 0) is 14.8 Å². The number of nitrogens with zero attached hydrogens (tertiary/aromatic N) is 2.